The van der Waals surface area contributed by atoms with Crippen molar-refractivity contribution in [2.24, 2.45) is 0 Å². The van der Waals surface area contributed by atoms with Crippen molar-refractivity contribution in [1.29, 1.82) is 0 Å². The van der Waals surface area contributed by atoms with Crippen LogP contribution >= 0.6 is 11.3 Å². The molecule has 0 fully saturated rings. The monoisotopic (exact) mass is 337 g/mol. The van der Waals surface area contributed by atoms with E-state index in [-0.39, 0.29) is 12.6 Å². The third-order valence-electron chi connectivity index (χ3n) is 3.30. The van der Waals surface area contributed by atoms with E-state index >= 15 is 0 Å². The number of nitrogens with zero attached hydrogens (tertiary/aromatic N) is 3. The van der Waals surface area contributed by atoms with Gasteiger partial charge >= 0.3 is 6.03 Å². The molecule has 0 aliphatic heterocycles. The summed E-state index contributed by atoms with van der Waals surface area (Å²) in [6.45, 7) is 3.43. The molecule has 0 radical (unpaired) electrons. The number of carbonyl (C=O) groups is 1. The smallest absolute Gasteiger partial charge is 0.320 e. The number of rotatable bonds is 7. The SMILES string of the molecule is CN(C)CCn1ccc(NC(=O)NCC(C)(O)c2cccs2)n1. The van der Waals surface area contributed by atoms with Crippen molar-refractivity contribution in [3.8, 4) is 0 Å². The van der Waals surface area contributed by atoms with Gasteiger partial charge in [-0.3, -0.25) is 10.00 Å². The summed E-state index contributed by atoms with van der Waals surface area (Å²) in [6.07, 6.45) is 1.82. The predicted octanol–water partition coefficient (Wildman–Crippen LogP) is 1.54. The maximum atomic E-state index is 11.9. The first-order chi connectivity index (χ1) is 10.9. The lowest BCUT2D eigenvalue weighted by molar-refractivity contribution is 0.0637. The van der Waals surface area contributed by atoms with E-state index in [9.17, 15) is 9.90 Å². The number of carbonyl (C=O) groups excluding carboxylic acids is 1. The number of thiophene rings is 1. The molecule has 3 N–H and O–H groups in total. The molecule has 2 heterocycles. The number of hydrogen-bond donors (Lipinski definition) is 3. The van der Waals surface area contributed by atoms with Gasteiger partial charge in [0.05, 0.1) is 13.1 Å². The van der Waals surface area contributed by atoms with Crippen molar-refractivity contribution >= 4 is 23.2 Å². The van der Waals surface area contributed by atoms with Crippen LogP contribution < -0.4 is 10.6 Å². The van der Waals surface area contributed by atoms with Crippen LogP contribution in [0.2, 0.25) is 0 Å². The van der Waals surface area contributed by atoms with Crippen molar-refractivity contribution in [1.82, 2.24) is 20.0 Å². The Labute approximate surface area is 139 Å². The fourth-order valence-corrected chi connectivity index (χ4v) is 2.73. The van der Waals surface area contributed by atoms with Crippen molar-refractivity contribution < 1.29 is 9.90 Å². The Morgan fingerprint density at radius 3 is 2.91 bits per heavy atom. The highest BCUT2D eigenvalue weighted by Gasteiger charge is 2.24. The maximum Gasteiger partial charge on any atom is 0.320 e. The zero-order valence-corrected chi connectivity index (χ0v) is 14.4. The van der Waals surface area contributed by atoms with Gasteiger partial charge in [0, 0.05) is 23.7 Å². The van der Waals surface area contributed by atoms with Gasteiger partial charge < -0.3 is 15.3 Å². The van der Waals surface area contributed by atoms with Crippen LogP contribution in [-0.2, 0) is 12.1 Å². The lowest BCUT2D eigenvalue weighted by Crippen LogP contribution is -2.40. The van der Waals surface area contributed by atoms with Crippen LogP contribution in [0.15, 0.2) is 29.8 Å². The van der Waals surface area contributed by atoms with Crippen LogP contribution in [0.3, 0.4) is 0 Å². The number of hydrogen-bond acceptors (Lipinski definition) is 5. The minimum atomic E-state index is -1.09. The molecule has 8 heteroatoms. The van der Waals surface area contributed by atoms with Crippen LogP contribution in [0.25, 0.3) is 0 Å². The molecule has 1 unspecified atom stereocenters. The first-order valence-corrected chi connectivity index (χ1v) is 8.24. The van der Waals surface area contributed by atoms with Crippen LogP contribution in [0, 0.1) is 0 Å². The minimum absolute atomic E-state index is 0.126. The molecule has 0 aliphatic rings. The Morgan fingerprint density at radius 1 is 1.48 bits per heavy atom. The van der Waals surface area contributed by atoms with Gasteiger partial charge in [-0.2, -0.15) is 5.10 Å². The van der Waals surface area contributed by atoms with Gasteiger partial charge in [-0.15, -0.1) is 11.3 Å². The summed E-state index contributed by atoms with van der Waals surface area (Å²) in [7, 11) is 3.99. The van der Waals surface area contributed by atoms with Gasteiger partial charge in [0.15, 0.2) is 5.82 Å². The van der Waals surface area contributed by atoms with Gasteiger partial charge in [-0.25, -0.2) is 4.79 Å². The molecule has 2 rings (SSSR count). The summed E-state index contributed by atoms with van der Waals surface area (Å²) >= 11 is 1.46. The Hall–Kier alpha value is -1.90. The van der Waals surface area contributed by atoms with E-state index in [0.717, 1.165) is 18.0 Å². The highest BCUT2D eigenvalue weighted by atomic mass is 32.1. The first kappa shape index (κ1) is 17.5. The van der Waals surface area contributed by atoms with Gasteiger partial charge in [0.1, 0.15) is 5.60 Å². The molecule has 2 aromatic heterocycles. The van der Waals surface area contributed by atoms with E-state index in [0.29, 0.717) is 5.82 Å². The zero-order chi connectivity index (χ0) is 16.9. The molecule has 23 heavy (non-hydrogen) atoms. The second kappa shape index (κ2) is 7.58. The maximum absolute atomic E-state index is 11.9. The van der Waals surface area contributed by atoms with E-state index < -0.39 is 5.60 Å². The zero-order valence-electron chi connectivity index (χ0n) is 13.6. The van der Waals surface area contributed by atoms with Gasteiger partial charge in [-0.05, 0) is 32.5 Å². The molecule has 126 valence electrons. The first-order valence-electron chi connectivity index (χ1n) is 7.36. The normalized spacial score (nSPS) is 13.8. The molecule has 0 spiro atoms. The van der Waals surface area contributed by atoms with E-state index in [1.54, 1.807) is 17.7 Å². The summed E-state index contributed by atoms with van der Waals surface area (Å²) in [5.74, 6) is 0.483. The lowest BCUT2D eigenvalue weighted by Gasteiger charge is -2.22. The van der Waals surface area contributed by atoms with E-state index in [1.165, 1.54) is 11.3 Å². The Bertz CT molecular complexity index is 622. The molecule has 0 saturated heterocycles. The molecule has 0 saturated carbocycles. The largest absolute Gasteiger partial charge is 0.383 e. The Morgan fingerprint density at radius 2 is 2.26 bits per heavy atom. The number of aromatic nitrogens is 2. The Kier molecular flexibility index (Phi) is 5.75. The molecule has 2 amide bonds. The quantitative estimate of drug-likeness (QED) is 0.716. The molecule has 0 aliphatic carbocycles. The third kappa shape index (κ3) is 5.34. The van der Waals surface area contributed by atoms with Crippen molar-refractivity contribution in [3.05, 3.63) is 34.7 Å². The summed E-state index contributed by atoms with van der Waals surface area (Å²) in [4.78, 5) is 14.8. The fraction of sp³-hybridized carbons (Fsp3) is 0.467. The number of nitrogens with one attached hydrogen (secondary N) is 2. The Balaban J connectivity index is 1.81. The van der Waals surface area contributed by atoms with Crippen LogP contribution in [-0.4, -0.2) is 53.0 Å². The van der Waals surface area contributed by atoms with Crippen LogP contribution in [0.1, 0.15) is 11.8 Å². The van der Waals surface area contributed by atoms with Crippen molar-refractivity contribution in [2.45, 2.75) is 19.1 Å². The summed E-state index contributed by atoms with van der Waals surface area (Å²) < 4.78 is 1.78. The highest BCUT2D eigenvalue weighted by Crippen LogP contribution is 2.24. The number of amides is 2. The second-order valence-electron chi connectivity index (χ2n) is 5.83. The molecular formula is C15H23N5O2S. The molecule has 1 atom stereocenters. The molecule has 0 bridgehead atoms. The van der Waals surface area contributed by atoms with E-state index in [4.69, 9.17) is 0 Å². The average Bonchev–Trinajstić information content (AvgIpc) is 3.15. The number of urea groups is 1. The standard InChI is InChI=1S/C15H23N5O2S/c1-15(22,12-5-4-10-23-12)11-16-14(21)17-13-6-7-20(18-13)9-8-19(2)3/h4-7,10,22H,8-9,11H2,1-3H3,(H2,16,17,18,21). The summed E-state index contributed by atoms with van der Waals surface area (Å²) in [6, 6.07) is 5.07. The topological polar surface area (TPSA) is 82.4 Å². The van der Waals surface area contributed by atoms with E-state index in [2.05, 4.69) is 20.6 Å². The van der Waals surface area contributed by atoms with Gasteiger partial charge in [-0.1, -0.05) is 6.07 Å². The van der Waals surface area contributed by atoms with Crippen LogP contribution in [0.5, 0.6) is 0 Å². The minimum Gasteiger partial charge on any atom is -0.383 e. The molecule has 7 nitrogen and oxygen atoms in total. The number of aliphatic hydroxyl groups is 1. The lowest BCUT2D eigenvalue weighted by atomic mass is 10.1. The van der Waals surface area contributed by atoms with Gasteiger partial charge in [0.2, 0.25) is 0 Å². The van der Waals surface area contributed by atoms with Crippen molar-refractivity contribution in [3.63, 3.8) is 0 Å². The van der Waals surface area contributed by atoms with Crippen molar-refractivity contribution in [2.75, 3.05) is 32.5 Å². The predicted molar refractivity (Wildman–Crippen MR) is 91.7 cm³/mol. The fourth-order valence-electron chi connectivity index (χ4n) is 1.94. The average molecular weight is 337 g/mol. The second-order valence-corrected chi connectivity index (χ2v) is 6.77. The number of likely N-dealkylation sites (N-methyl/N-ethyl adjacent to an activating group) is 1. The van der Waals surface area contributed by atoms with E-state index in [1.807, 2.05) is 37.8 Å². The molecular weight excluding hydrogens is 314 g/mol. The van der Waals surface area contributed by atoms with Crippen LogP contribution in [0.4, 0.5) is 10.6 Å². The summed E-state index contributed by atoms with van der Waals surface area (Å²) in [5.41, 5.74) is -1.09. The highest BCUT2D eigenvalue weighted by molar-refractivity contribution is 7.10. The number of anilines is 1. The molecule has 2 aromatic rings. The summed E-state index contributed by atoms with van der Waals surface area (Å²) in [5, 5.41) is 21.9. The third-order valence-corrected chi connectivity index (χ3v) is 4.43. The molecule has 0 aromatic carbocycles. The van der Waals surface area contributed by atoms with Gasteiger partial charge in [0.25, 0.3) is 0 Å².